The first-order valence-corrected chi connectivity index (χ1v) is 16.3. The Morgan fingerprint density at radius 3 is 2.28 bits per heavy atom. The van der Waals surface area contributed by atoms with E-state index in [1.165, 1.54) is 45.3 Å². The summed E-state index contributed by atoms with van der Waals surface area (Å²) in [5.41, 5.74) is -0.879. The minimum atomic E-state index is -4.83. The van der Waals surface area contributed by atoms with Crippen LogP contribution in [0.1, 0.15) is 11.1 Å². The second-order valence-corrected chi connectivity index (χ2v) is 13.0. The normalized spacial score (nSPS) is 11.6. The van der Waals surface area contributed by atoms with Crippen LogP contribution in [0.25, 0.3) is 0 Å². The van der Waals surface area contributed by atoms with Crippen molar-refractivity contribution in [2.45, 2.75) is 17.6 Å². The highest BCUT2D eigenvalue weighted by atomic mass is 35.5. The molecular weight excluding hydrogens is 713 g/mol. The van der Waals surface area contributed by atoms with Crippen LogP contribution in [0, 0.1) is 11.6 Å². The summed E-state index contributed by atoms with van der Waals surface area (Å²) in [6.07, 6.45) is -5.17. The molecule has 0 aliphatic rings. The van der Waals surface area contributed by atoms with Gasteiger partial charge in [-0.05, 0) is 48.5 Å². The molecule has 0 bridgehead atoms. The highest BCUT2D eigenvalue weighted by Crippen LogP contribution is 2.39. The summed E-state index contributed by atoms with van der Waals surface area (Å²) >= 11 is 6.47. The predicted octanol–water partition coefficient (Wildman–Crippen LogP) is 7.23. The number of halogens is 6. The summed E-state index contributed by atoms with van der Waals surface area (Å²) in [6.45, 7) is -0.529. The van der Waals surface area contributed by atoms with Crippen LogP contribution in [0.2, 0.25) is 5.02 Å². The number of rotatable bonds is 13. The van der Waals surface area contributed by atoms with Crippen LogP contribution in [-0.2, 0) is 22.7 Å². The third-order valence-corrected chi connectivity index (χ3v) is 9.55. The van der Waals surface area contributed by atoms with Crippen LogP contribution in [0.5, 0.6) is 11.5 Å². The minimum absolute atomic E-state index is 0.0235. The van der Waals surface area contributed by atoms with Crippen LogP contribution >= 0.6 is 11.6 Å². The number of hydrogen-bond donors (Lipinski definition) is 2. The fourth-order valence-corrected chi connectivity index (χ4v) is 6.42. The molecule has 0 saturated carbocycles. The number of ether oxygens (including phenoxy) is 2. The van der Waals surface area contributed by atoms with Crippen molar-refractivity contribution in [1.29, 1.82) is 0 Å². The van der Waals surface area contributed by atoms with Crippen molar-refractivity contribution < 1.29 is 49.7 Å². The molecule has 4 aromatic rings. The lowest BCUT2D eigenvalue weighted by molar-refractivity contribution is -0.137. The number of anilines is 4. The molecule has 0 aliphatic carbocycles. The van der Waals surface area contributed by atoms with Gasteiger partial charge in [0.25, 0.3) is 10.0 Å². The zero-order valence-corrected chi connectivity index (χ0v) is 28.5. The number of carbonyl (C=O) groups is 1. The molecule has 0 aliphatic heterocycles. The zero-order valence-electron chi connectivity index (χ0n) is 26.9. The maximum Gasteiger partial charge on any atom is 0.416 e. The Kier molecular flexibility index (Phi) is 11.5. The second-order valence-electron chi connectivity index (χ2n) is 10.8. The fraction of sp³-hybridized carbons (Fsp3) is 0.250. The molecule has 0 radical (unpaired) electrons. The molecule has 1 heterocycles. The van der Waals surface area contributed by atoms with Gasteiger partial charge in [0.2, 0.25) is 0 Å². The second kappa shape index (κ2) is 15.2. The van der Waals surface area contributed by atoms with Crippen LogP contribution in [0.3, 0.4) is 0 Å². The Bertz CT molecular complexity index is 1970. The maximum absolute atomic E-state index is 15.9. The first-order valence-electron chi connectivity index (χ1n) is 14.4. The molecule has 268 valence electrons. The number of pyridine rings is 1. The molecule has 3 aromatic carbocycles. The number of likely N-dealkylation sites (N-methyl/N-ethyl adjacent to an activating group) is 2. The molecule has 0 saturated heterocycles. The molecule has 0 atom stereocenters. The van der Waals surface area contributed by atoms with Gasteiger partial charge in [0.15, 0.2) is 0 Å². The molecule has 4 rings (SSSR count). The van der Waals surface area contributed by atoms with E-state index < -0.39 is 50.9 Å². The van der Waals surface area contributed by atoms with E-state index in [-0.39, 0.29) is 46.7 Å². The van der Waals surface area contributed by atoms with E-state index >= 15 is 4.39 Å². The van der Waals surface area contributed by atoms with Gasteiger partial charge in [0.05, 0.1) is 54.6 Å². The molecule has 0 unspecified atom stereocenters. The van der Waals surface area contributed by atoms with Crippen molar-refractivity contribution in [1.82, 2.24) is 9.88 Å². The number of alkyl halides is 3. The molecule has 2 N–H and O–H groups in total. The Hall–Kier alpha value is -5.03. The number of amides is 1. The first kappa shape index (κ1) is 37.8. The summed E-state index contributed by atoms with van der Waals surface area (Å²) in [6, 6.07) is 10.9. The van der Waals surface area contributed by atoms with Gasteiger partial charge in [0, 0.05) is 44.9 Å². The number of sulfonamides is 1. The molecule has 1 aromatic heterocycles. The van der Waals surface area contributed by atoms with Crippen LogP contribution in [0.4, 0.5) is 49.6 Å². The number of hydrogen-bond acceptors (Lipinski definition) is 8. The Labute approximate surface area is 289 Å². The Morgan fingerprint density at radius 1 is 0.960 bits per heavy atom. The summed E-state index contributed by atoms with van der Waals surface area (Å²) in [5.74, 6) is -1.64. The number of carboxylic acid groups (broad SMARTS) is 1. The lowest BCUT2D eigenvalue weighted by Gasteiger charge is -2.27. The molecule has 18 heteroatoms. The van der Waals surface area contributed by atoms with Crippen LogP contribution < -0.4 is 24.0 Å². The van der Waals surface area contributed by atoms with E-state index in [0.29, 0.717) is 11.3 Å². The van der Waals surface area contributed by atoms with E-state index in [1.54, 1.807) is 6.07 Å². The van der Waals surface area contributed by atoms with E-state index in [1.807, 2.05) is 0 Å². The van der Waals surface area contributed by atoms with E-state index in [0.717, 1.165) is 57.9 Å². The largest absolute Gasteiger partial charge is 0.497 e. The third kappa shape index (κ3) is 8.57. The summed E-state index contributed by atoms with van der Waals surface area (Å²) in [7, 11) is 0.681. The monoisotopic (exact) mass is 743 g/mol. The van der Waals surface area contributed by atoms with Crippen molar-refractivity contribution in [3.8, 4) is 11.5 Å². The summed E-state index contributed by atoms with van der Waals surface area (Å²) in [4.78, 5) is 16.5. The average Bonchev–Trinajstić information content (AvgIpc) is 3.07. The number of aromatic nitrogens is 1. The average molecular weight is 744 g/mol. The molecule has 11 nitrogen and oxygen atoms in total. The van der Waals surface area contributed by atoms with Crippen LogP contribution in [0.15, 0.2) is 71.8 Å². The number of methoxy groups -OCH3 is 2. The minimum Gasteiger partial charge on any atom is -0.497 e. The van der Waals surface area contributed by atoms with Gasteiger partial charge in [-0.25, -0.2) is 31.3 Å². The SMILES string of the molecule is COc1ccc(CN(c2ccc(F)cn2)S(=O)(=O)c2cc(Cl)c(Nc3ccc(C(F)(F)F)cc3N(C)CCN(C)C(=O)O)cc2F)c(OC)c1. The number of nitrogens with zero attached hydrogens (tertiary/aromatic N) is 4. The molecule has 1 amide bonds. The highest BCUT2D eigenvalue weighted by molar-refractivity contribution is 7.92. The van der Waals surface area contributed by atoms with Gasteiger partial charge in [-0.15, -0.1) is 0 Å². The van der Waals surface area contributed by atoms with Crippen molar-refractivity contribution >= 4 is 50.6 Å². The maximum atomic E-state index is 15.9. The van der Waals surface area contributed by atoms with Gasteiger partial charge < -0.3 is 29.7 Å². The quantitative estimate of drug-likeness (QED) is 0.137. The van der Waals surface area contributed by atoms with Crippen LogP contribution in [-0.4, -0.2) is 70.9 Å². The number of benzene rings is 3. The van der Waals surface area contributed by atoms with Gasteiger partial charge in [0.1, 0.15) is 33.8 Å². The topological polar surface area (TPSA) is 125 Å². The molecule has 0 fully saturated rings. The summed E-state index contributed by atoms with van der Waals surface area (Å²) < 4.78 is 110. The van der Waals surface area contributed by atoms with E-state index in [4.69, 9.17) is 26.2 Å². The van der Waals surface area contributed by atoms with Crippen molar-refractivity contribution in [2.75, 3.05) is 55.9 Å². The molecule has 50 heavy (non-hydrogen) atoms. The standard InChI is InChI=1S/C32H31ClF5N5O6S/c1-41(11-12-42(2)31(44)45)27-13-20(32(36,37)38)6-9-25(27)40-26-16-24(35)29(15-23(26)33)50(46,47)43(30-10-7-21(34)17-39-30)18-19-5-8-22(48-3)14-28(19)49-4/h5-10,13-17,40H,11-12,18H2,1-4H3,(H,44,45). The van der Waals surface area contributed by atoms with Gasteiger partial charge in [-0.2, -0.15) is 13.2 Å². The van der Waals surface area contributed by atoms with Gasteiger partial charge in [-0.3, -0.25) is 0 Å². The summed E-state index contributed by atoms with van der Waals surface area (Å²) in [5, 5.41) is 11.6. The van der Waals surface area contributed by atoms with Crippen molar-refractivity contribution in [3.63, 3.8) is 0 Å². The zero-order chi connectivity index (χ0) is 37.0. The Balaban J connectivity index is 1.75. The third-order valence-electron chi connectivity index (χ3n) is 7.47. The number of nitrogens with one attached hydrogen (secondary N) is 1. The van der Waals surface area contributed by atoms with Crippen molar-refractivity contribution in [2.24, 2.45) is 0 Å². The predicted molar refractivity (Wildman–Crippen MR) is 177 cm³/mol. The lowest BCUT2D eigenvalue weighted by Crippen LogP contribution is -2.34. The smallest absolute Gasteiger partial charge is 0.416 e. The van der Waals surface area contributed by atoms with Gasteiger partial charge in [-0.1, -0.05) is 11.6 Å². The lowest BCUT2D eigenvalue weighted by atomic mass is 10.1. The van der Waals surface area contributed by atoms with E-state index in [9.17, 15) is 30.8 Å². The highest BCUT2D eigenvalue weighted by Gasteiger charge is 2.33. The van der Waals surface area contributed by atoms with Crippen molar-refractivity contribution in [3.05, 3.63) is 94.6 Å². The molecular formula is C32H31ClF5N5O6S. The first-order chi connectivity index (χ1) is 23.5. The van der Waals surface area contributed by atoms with E-state index in [2.05, 4.69) is 10.3 Å². The Morgan fingerprint density at radius 2 is 1.68 bits per heavy atom. The fourth-order valence-electron chi connectivity index (χ4n) is 4.67. The van der Waals surface area contributed by atoms with Gasteiger partial charge >= 0.3 is 12.3 Å². The molecule has 0 spiro atoms.